The number of hydrogen-bond donors (Lipinski definition) is 1. The first-order chi connectivity index (χ1) is 19.6. The van der Waals surface area contributed by atoms with Crippen LogP contribution < -0.4 is 9.80 Å². The van der Waals surface area contributed by atoms with Crippen molar-refractivity contribution < 1.29 is 24.2 Å². The van der Waals surface area contributed by atoms with Crippen LogP contribution in [0.2, 0.25) is 0 Å². The summed E-state index contributed by atoms with van der Waals surface area (Å²) < 4.78 is 4.64. The normalized spacial score (nSPS) is 28.9. The number of nitrogens with zero attached hydrogens (tertiary/aromatic N) is 3. The van der Waals surface area contributed by atoms with Crippen LogP contribution in [0, 0.1) is 17.8 Å². The van der Waals surface area contributed by atoms with Gasteiger partial charge in [-0.05, 0) is 50.5 Å². The summed E-state index contributed by atoms with van der Waals surface area (Å²) in [4.78, 5) is 47.9. The number of carbonyl (C=O) groups excluding carboxylic acids is 3. The molecule has 0 aliphatic carbocycles. The lowest BCUT2D eigenvalue weighted by Crippen LogP contribution is -2.59. The zero-order chi connectivity index (χ0) is 30.1. The van der Waals surface area contributed by atoms with E-state index < -0.39 is 34.6 Å². The molecule has 3 saturated heterocycles. The van der Waals surface area contributed by atoms with Crippen LogP contribution in [-0.4, -0.2) is 87.5 Å². The zero-order valence-electron chi connectivity index (χ0n) is 24.4. The molecule has 1 N–H and O–H groups in total. The number of fused-ring (bicyclic) bond motifs is 1. The molecule has 3 heterocycles. The predicted octanol–water partition coefficient (Wildman–Crippen LogP) is 4.26. The molecule has 3 unspecified atom stereocenters. The van der Waals surface area contributed by atoms with Gasteiger partial charge in [0.1, 0.15) is 12.6 Å². The second-order valence-electron chi connectivity index (χ2n) is 11.2. The van der Waals surface area contributed by atoms with Gasteiger partial charge in [0.25, 0.3) is 5.91 Å². The highest BCUT2D eigenvalue weighted by atomic mass is 79.9. The van der Waals surface area contributed by atoms with E-state index in [1.165, 1.54) is 6.08 Å². The Balaban J connectivity index is 1.80. The van der Waals surface area contributed by atoms with E-state index in [0.29, 0.717) is 12.1 Å². The average Bonchev–Trinajstić information content (AvgIpc) is 3.55. The van der Waals surface area contributed by atoms with Crippen molar-refractivity contribution in [3.8, 4) is 0 Å². The minimum absolute atomic E-state index is 0.0571. The number of esters is 1. The van der Waals surface area contributed by atoms with Crippen molar-refractivity contribution in [2.75, 3.05) is 42.6 Å². The molecule has 2 bridgehead atoms. The fraction of sp³-hybridized carbons (Fsp3) is 0.581. The van der Waals surface area contributed by atoms with Crippen molar-refractivity contribution in [1.82, 2.24) is 4.90 Å². The van der Waals surface area contributed by atoms with E-state index in [9.17, 15) is 19.5 Å². The minimum atomic E-state index is -0.866. The standard InChI is InChI=1S/C31H42BrN3O5S/c1-7-15-34(21-13-11-20(12-14-21)33(9-3)10-4)29(38)27-31-17-22(32)26(41-31)24(30(39)40-16-8-2)25(31)28(37)35(27)23(18-36)19(5)6/h7-8,11-14,19,22-27,36H,1-2,9-10,15-18H2,3-6H3/t22?,23-,24+,25-,26+,27?,31?/m0/s1. The Morgan fingerprint density at radius 2 is 1.83 bits per heavy atom. The Morgan fingerprint density at radius 1 is 1.20 bits per heavy atom. The third-order valence-corrected chi connectivity index (χ3v) is 12.0. The summed E-state index contributed by atoms with van der Waals surface area (Å²) in [5, 5.41) is 10.3. The number of ether oxygens (including phenoxy) is 1. The van der Waals surface area contributed by atoms with Crippen LogP contribution in [0.25, 0.3) is 0 Å². The second kappa shape index (κ2) is 12.9. The van der Waals surface area contributed by atoms with Crippen molar-refractivity contribution in [3.05, 3.63) is 49.6 Å². The van der Waals surface area contributed by atoms with Gasteiger partial charge in [0, 0.05) is 41.1 Å². The van der Waals surface area contributed by atoms with Crippen molar-refractivity contribution in [2.45, 2.75) is 61.0 Å². The van der Waals surface area contributed by atoms with Gasteiger partial charge in [0.05, 0.1) is 29.2 Å². The van der Waals surface area contributed by atoms with Crippen LogP contribution in [0.1, 0.15) is 34.1 Å². The molecule has 3 fully saturated rings. The number of benzene rings is 1. The van der Waals surface area contributed by atoms with Gasteiger partial charge >= 0.3 is 5.97 Å². The van der Waals surface area contributed by atoms with Crippen LogP contribution in [0.5, 0.6) is 0 Å². The number of carbonyl (C=O) groups is 3. The van der Waals surface area contributed by atoms with Gasteiger partial charge in [0.15, 0.2) is 0 Å². The molecule has 0 aromatic heterocycles. The highest BCUT2D eigenvalue weighted by molar-refractivity contribution is 9.09. The Hall–Kier alpha value is -2.30. The highest BCUT2D eigenvalue weighted by Gasteiger charge is 2.76. The summed E-state index contributed by atoms with van der Waals surface area (Å²) >= 11 is 5.33. The number of hydrogen-bond acceptors (Lipinski definition) is 7. The maximum absolute atomic E-state index is 14.8. The molecule has 10 heteroatoms. The van der Waals surface area contributed by atoms with E-state index in [4.69, 9.17) is 4.74 Å². The van der Waals surface area contributed by atoms with Crippen molar-refractivity contribution in [2.24, 2.45) is 17.8 Å². The quantitative estimate of drug-likeness (QED) is 0.194. The topological polar surface area (TPSA) is 90.4 Å². The van der Waals surface area contributed by atoms with Crippen molar-refractivity contribution in [1.29, 1.82) is 0 Å². The summed E-state index contributed by atoms with van der Waals surface area (Å²) in [5.74, 6) is -2.46. The second-order valence-corrected chi connectivity index (χ2v) is 14.0. The van der Waals surface area contributed by atoms with Crippen LogP contribution in [0.3, 0.4) is 0 Å². The van der Waals surface area contributed by atoms with Crippen LogP contribution >= 0.6 is 27.7 Å². The molecule has 8 nitrogen and oxygen atoms in total. The maximum Gasteiger partial charge on any atom is 0.311 e. The summed E-state index contributed by atoms with van der Waals surface area (Å²) in [6.07, 6.45) is 3.74. The van der Waals surface area contributed by atoms with Crippen molar-refractivity contribution in [3.63, 3.8) is 0 Å². The van der Waals surface area contributed by atoms with E-state index in [1.807, 2.05) is 38.1 Å². The average molecular weight is 649 g/mol. The Kier molecular flexibility index (Phi) is 9.96. The van der Waals surface area contributed by atoms with Gasteiger partial charge in [-0.15, -0.1) is 18.3 Å². The number of alkyl halides is 1. The Labute approximate surface area is 256 Å². The maximum atomic E-state index is 14.8. The fourth-order valence-corrected chi connectivity index (χ4v) is 10.4. The lowest BCUT2D eigenvalue weighted by Gasteiger charge is -2.41. The largest absolute Gasteiger partial charge is 0.461 e. The molecule has 2 amide bonds. The first kappa shape index (κ1) is 31.6. The molecule has 0 radical (unpaired) electrons. The fourth-order valence-electron chi connectivity index (χ4n) is 6.86. The summed E-state index contributed by atoms with van der Waals surface area (Å²) in [6, 6.07) is 6.42. The molecular weight excluding hydrogens is 606 g/mol. The molecule has 224 valence electrons. The van der Waals surface area contributed by atoms with E-state index in [0.717, 1.165) is 18.8 Å². The third-order valence-electron chi connectivity index (χ3n) is 8.76. The molecule has 0 saturated carbocycles. The Morgan fingerprint density at radius 3 is 2.37 bits per heavy atom. The van der Waals surface area contributed by atoms with E-state index in [1.54, 1.807) is 27.6 Å². The minimum Gasteiger partial charge on any atom is -0.461 e. The number of thioether (sulfide) groups is 1. The van der Waals surface area contributed by atoms with E-state index >= 15 is 0 Å². The number of halogens is 1. The number of likely N-dealkylation sites (tertiary alicyclic amines) is 1. The van der Waals surface area contributed by atoms with Crippen molar-refractivity contribution >= 4 is 56.9 Å². The molecule has 1 aromatic rings. The summed E-state index contributed by atoms with van der Waals surface area (Å²) in [7, 11) is 0. The number of aliphatic hydroxyl groups is 1. The molecule has 1 spiro atoms. The van der Waals surface area contributed by atoms with Crippen LogP contribution in [0.15, 0.2) is 49.6 Å². The molecule has 41 heavy (non-hydrogen) atoms. The smallest absolute Gasteiger partial charge is 0.311 e. The van der Waals surface area contributed by atoms with Gasteiger partial charge in [-0.25, -0.2) is 0 Å². The first-order valence-corrected chi connectivity index (χ1v) is 16.2. The van der Waals surface area contributed by atoms with E-state index in [-0.39, 0.29) is 47.6 Å². The summed E-state index contributed by atoms with van der Waals surface area (Å²) in [6.45, 7) is 17.4. The number of rotatable bonds is 13. The van der Waals surface area contributed by atoms with Gasteiger partial charge < -0.3 is 24.5 Å². The van der Waals surface area contributed by atoms with Gasteiger partial charge in [0.2, 0.25) is 5.91 Å². The monoisotopic (exact) mass is 647 g/mol. The van der Waals surface area contributed by atoms with Crippen LogP contribution in [0.4, 0.5) is 11.4 Å². The van der Waals surface area contributed by atoms with Gasteiger partial charge in [-0.1, -0.05) is 48.5 Å². The first-order valence-electron chi connectivity index (χ1n) is 14.4. The predicted molar refractivity (Wildman–Crippen MR) is 168 cm³/mol. The number of aliphatic hydroxyl groups excluding tert-OH is 1. The van der Waals surface area contributed by atoms with E-state index in [2.05, 4.69) is 47.8 Å². The van der Waals surface area contributed by atoms with Gasteiger partial charge in [-0.3, -0.25) is 14.4 Å². The molecule has 4 rings (SSSR count). The zero-order valence-corrected chi connectivity index (χ0v) is 26.8. The third kappa shape index (κ3) is 5.36. The SMILES string of the molecule is C=CCOC(=O)[C@H]1[C@@H]2SC3(CC2Br)C(C(=O)N(CC=C)c2ccc(N(CC)CC)cc2)N([C@@H](CO)C(C)C)C(=O)[C@H]13. The number of anilines is 2. The lowest BCUT2D eigenvalue weighted by molar-refractivity contribution is -0.153. The van der Waals surface area contributed by atoms with Crippen LogP contribution in [-0.2, 0) is 19.1 Å². The lowest BCUT2D eigenvalue weighted by atomic mass is 9.71. The molecule has 3 aliphatic rings. The molecule has 1 aromatic carbocycles. The molecule has 3 aliphatic heterocycles. The molecular formula is C31H42BrN3O5S. The molecule has 7 atom stereocenters. The Bertz CT molecular complexity index is 1160. The summed E-state index contributed by atoms with van der Waals surface area (Å²) in [5.41, 5.74) is 1.77. The highest BCUT2D eigenvalue weighted by Crippen LogP contribution is 2.68. The van der Waals surface area contributed by atoms with Gasteiger partial charge in [-0.2, -0.15) is 0 Å². The number of amides is 2.